The molecule has 2 atom stereocenters. The summed E-state index contributed by atoms with van der Waals surface area (Å²) in [4.78, 5) is 11.4. The van der Waals surface area contributed by atoms with Gasteiger partial charge in [0.05, 0.1) is 5.92 Å². The Bertz CT molecular complexity index is 581. The minimum Gasteiger partial charge on any atom is -0.481 e. The molecule has 0 heterocycles. The highest BCUT2D eigenvalue weighted by atomic mass is 32.2. The van der Waals surface area contributed by atoms with Gasteiger partial charge in [0.15, 0.2) is 0 Å². The van der Waals surface area contributed by atoms with Crippen molar-refractivity contribution < 1.29 is 14.1 Å². The van der Waals surface area contributed by atoms with Gasteiger partial charge in [-0.25, -0.2) is 0 Å². The van der Waals surface area contributed by atoms with Gasteiger partial charge in [0, 0.05) is 22.3 Å². The van der Waals surface area contributed by atoms with Crippen LogP contribution in [0.4, 0.5) is 0 Å². The van der Waals surface area contributed by atoms with Crippen LogP contribution in [0.25, 0.3) is 0 Å². The third-order valence-electron chi connectivity index (χ3n) is 3.02. The second-order valence-electron chi connectivity index (χ2n) is 4.54. The van der Waals surface area contributed by atoms with Crippen molar-refractivity contribution in [2.75, 3.05) is 5.75 Å². The number of benzene rings is 2. The molecule has 2 aromatic rings. The molecule has 0 bridgehead atoms. The molecule has 0 fully saturated rings. The van der Waals surface area contributed by atoms with Crippen molar-refractivity contribution in [1.82, 2.24) is 0 Å². The van der Waals surface area contributed by atoms with E-state index >= 15 is 0 Å². The highest BCUT2D eigenvalue weighted by Gasteiger charge is 2.22. The average molecular weight is 288 g/mol. The Labute approximate surface area is 120 Å². The molecule has 0 aromatic heterocycles. The molecule has 0 aliphatic rings. The summed E-state index contributed by atoms with van der Waals surface area (Å²) in [5, 5.41) is 9.31. The Balaban J connectivity index is 2.06. The van der Waals surface area contributed by atoms with Crippen molar-refractivity contribution in [2.24, 2.45) is 0 Å². The van der Waals surface area contributed by atoms with Gasteiger partial charge < -0.3 is 5.11 Å². The molecule has 104 valence electrons. The van der Waals surface area contributed by atoms with E-state index in [4.69, 9.17) is 0 Å². The summed E-state index contributed by atoms with van der Waals surface area (Å²) in [5.41, 5.74) is 1.66. The number of carboxylic acid groups (broad SMARTS) is 1. The first-order chi connectivity index (χ1) is 9.66. The number of hydrogen-bond acceptors (Lipinski definition) is 2. The predicted molar refractivity (Wildman–Crippen MR) is 80.0 cm³/mol. The van der Waals surface area contributed by atoms with E-state index in [1.165, 1.54) is 0 Å². The van der Waals surface area contributed by atoms with Gasteiger partial charge >= 0.3 is 5.97 Å². The van der Waals surface area contributed by atoms with Crippen LogP contribution in [0, 0.1) is 0 Å². The summed E-state index contributed by atoms with van der Waals surface area (Å²) in [6.07, 6.45) is 0. The number of hydrogen-bond donors (Lipinski definition) is 1. The molecule has 2 unspecified atom stereocenters. The van der Waals surface area contributed by atoms with E-state index in [1.54, 1.807) is 24.3 Å². The highest BCUT2D eigenvalue weighted by molar-refractivity contribution is 7.84. The largest absolute Gasteiger partial charge is 0.481 e. The SMILES string of the molecule is O=C(O)C(CS(=O)Cc1ccccc1)c1ccccc1. The van der Waals surface area contributed by atoms with Gasteiger partial charge in [-0.3, -0.25) is 9.00 Å². The molecule has 4 heteroatoms. The molecular weight excluding hydrogens is 272 g/mol. The van der Waals surface area contributed by atoms with Crippen LogP contribution >= 0.6 is 0 Å². The summed E-state index contributed by atoms with van der Waals surface area (Å²) < 4.78 is 12.1. The van der Waals surface area contributed by atoms with Crippen molar-refractivity contribution in [2.45, 2.75) is 11.7 Å². The minimum atomic E-state index is -1.20. The van der Waals surface area contributed by atoms with Crippen molar-refractivity contribution in [3.63, 3.8) is 0 Å². The topological polar surface area (TPSA) is 54.4 Å². The van der Waals surface area contributed by atoms with Crippen LogP contribution in [0.5, 0.6) is 0 Å². The molecule has 0 saturated heterocycles. The zero-order chi connectivity index (χ0) is 14.4. The first-order valence-corrected chi connectivity index (χ1v) is 7.82. The third-order valence-corrected chi connectivity index (χ3v) is 4.38. The Morgan fingerprint density at radius 2 is 1.55 bits per heavy atom. The maximum Gasteiger partial charge on any atom is 0.311 e. The molecule has 20 heavy (non-hydrogen) atoms. The second kappa shape index (κ2) is 7.01. The van der Waals surface area contributed by atoms with E-state index in [-0.39, 0.29) is 5.75 Å². The lowest BCUT2D eigenvalue weighted by atomic mass is 10.0. The van der Waals surface area contributed by atoms with Crippen LogP contribution in [0.1, 0.15) is 17.0 Å². The van der Waals surface area contributed by atoms with Crippen LogP contribution in [0.15, 0.2) is 60.7 Å². The Hall–Kier alpha value is -1.94. The van der Waals surface area contributed by atoms with Gasteiger partial charge in [-0.2, -0.15) is 0 Å². The maximum absolute atomic E-state index is 12.1. The molecule has 0 spiro atoms. The number of rotatable bonds is 6. The summed E-state index contributed by atoms with van der Waals surface area (Å²) >= 11 is 0. The normalized spacial score (nSPS) is 13.6. The number of carbonyl (C=O) groups is 1. The summed E-state index contributed by atoms with van der Waals surface area (Å²) in [7, 11) is -1.20. The maximum atomic E-state index is 12.1. The van der Waals surface area contributed by atoms with E-state index in [0.717, 1.165) is 5.56 Å². The van der Waals surface area contributed by atoms with Gasteiger partial charge in [0.1, 0.15) is 0 Å². The first-order valence-electron chi connectivity index (χ1n) is 6.33. The van der Waals surface area contributed by atoms with E-state index < -0.39 is 22.7 Å². The van der Waals surface area contributed by atoms with Gasteiger partial charge in [0.25, 0.3) is 0 Å². The summed E-state index contributed by atoms with van der Waals surface area (Å²) in [6, 6.07) is 18.4. The van der Waals surface area contributed by atoms with E-state index in [1.807, 2.05) is 36.4 Å². The Morgan fingerprint density at radius 3 is 2.10 bits per heavy atom. The predicted octanol–water partition coefficient (Wildman–Crippen LogP) is 2.80. The lowest BCUT2D eigenvalue weighted by molar-refractivity contribution is -0.138. The number of carboxylic acids is 1. The van der Waals surface area contributed by atoms with Crippen LogP contribution in [0.3, 0.4) is 0 Å². The fourth-order valence-corrected chi connectivity index (χ4v) is 3.39. The monoisotopic (exact) mass is 288 g/mol. The zero-order valence-corrected chi connectivity index (χ0v) is 11.8. The van der Waals surface area contributed by atoms with Gasteiger partial charge in [0.2, 0.25) is 0 Å². The minimum absolute atomic E-state index is 0.133. The Morgan fingerprint density at radius 1 is 1.00 bits per heavy atom. The lowest BCUT2D eigenvalue weighted by Crippen LogP contribution is -2.19. The molecule has 0 aliphatic heterocycles. The second-order valence-corrected chi connectivity index (χ2v) is 6.04. The van der Waals surface area contributed by atoms with E-state index in [9.17, 15) is 14.1 Å². The molecule has 2 rings (SSSR count). The summed E-state index contributed by atoms with van der Waals surface area (Å²) in [6.45, 7) is 0. The highest BCUT2D eigenvalue weighted by Crippen LogP contribution is 2.18. The van der Waals surface area contributed by atoms with Crippen LogP contribution < -0.4 is 0 Å². The molecule has 1 N–H and O–H groups in total. The molecule has 0 saturated carbocycles. The zero-order valence-electron chi connectivity index (χ0n) is 10.9. The fraction of sp³-hybridized carbons (Fsp3) is 0.188. The standard InChI is InChI=1S/C16H16O3S/c17-16(18)15(14-9-5-2-6-10-14)12-20(19)11-13-7-3-1-4-8-13/h1-10,15H,11-12H2,(H,17,18). The lowest BCUT2D eigenvalue weighted by Gasteiger charge is -2.12. The van der Waals surface area contributed by atoms with Crippen LogP contribution in [-0.4, -0.2) is 21.0 Å². The molecule has 0 aliphatic carbocycles. The Kier molecular flexibility index (Phi) is 5.07. The van der Waals surface area contributed by atoms with Gasteiger partial charge in [-0.15, -0.1) is 0 Å². The third kappa shape index (κ3) is 4.03. The van der Waals surface area contributed by atoms with Gasteiger partial charge in [-0.1, -0.05) is 60.7 Å². The fourth-order valence-electron chi connectivity index (χ4n) is 2.00. The quantitative estimate of drug-likeness (QED) is 0.889. The van der Waals surface area contributed by atoms with Crippen LogP contribution in [-0.2, 0) is 21.3 Å². The molecular formula is C16H16O3S. The number of aliphatic carboxylic acids is 1. The van der Waals surface area contributed by atoms with Crippen molar-refractivity contribution in [3.05, 3.63) is 71.8 Å². The van der Waals surface area contributed by atoms with Crippen LogP contribution in [0.2, 0.25) is 0 Å². The smallest absolute Gasteiger partial charge is 0.311 e. The van der Waals surface area contributed by atoms with E-state index in [0.29, 0.717) is 11.3 Å². The average Bonchev–Trinajstić information content (AvgIpc) is 2.46. The van der Waals surface area contributed by atoms with Crippen molar-refractivity contribution in [1.29, 1.82) is 0 Å². The molecule has 2 aromatic carbocycles. The molecule has 0 radical (unpaired) electrons. The first kappa shape index (κ1) is 14.5. The van der Waals surface area contributed by atoms with Crippen molar-refractivity contribution >= 4 is 16.8 Å². The summed E-state index contributed by atoms with van der Waals surface area (Å²) in [5.74, 6) is -1.13. The van der Waals surface area contributed by atoms with E-state index in [2.05, 4.69) is 0 Å². The van der Waals surface area contributed by atoms with Crippen molar-refractivity contribution in [3.8, 4) is 0 Å². The molecule has 3 nitrogen and oxygen atoms in total. The molecule has 0 amide bonds. The van der Waals surface area contributed by atoms with Gasteiger partial charge in [-0.05, 0) is 11.1 Å².